The molecule has 0 spiro atoms. The fourth-order valence-corrected chi connectivity index (χ4v) is 5.74. The summed E-state index contributed by atoms with van der Waals surface area (Å²) in [6, 6.07) is 8.21. The third-order valence-electron chi connectivity index (χ3n) is 6.95. The molecule has 1 saturated carbocycles. The monoisotopic (exact) mass is 483 g/mol. The van der Waals surface area contributed by atoms with E-state index < -0.39 is 20.7 Å². The molecule has 0 saturated heterocycles. The minimum Gasteiger partial charge on any atom is -0.496 e. The molecule has 0 bridgehead atoms. The van der Waals surface area contributed by atoms with Gasteiger partial charge < -0.3 is 9.72 Å². The van der Waals surface area contributed by atoms with Crippen LogP contribution in [-0.4, -0.2) is 36.1 Å². The number of aromatic nitrogens is 2. The van der Waals surface area contributed by atoms with Crippen molar-refractivity contribution in [3.63, 3.8) is 0 Å². The van der Waals surface area contributed by atoms with Gasteiger partial charge in [0.15, 0.2) is 0 Å². The molecule has 0 radical (unpaired) electrons. The minimum absolute atomic E-state index is 0.353. The van der Waals surface area contributed by atoms with Gasteiger partial charge in [0.25, 0.3) is 0 Å². The number of allylic oxidation sites excluding steroid dienone is 2. The average Bonchev–Trinajstić information content (AvgIpc) is 3.44. The lowest BCUT2D eigenvalue weighted by atomic mass is 9.88. The van der Waals surface area contributed by atoms with Crippen molar-refractivity contribution >= 4 is 32.5 Å². The van der Waals surface area contributed by atoms with Gasteiger partial charge in [0.1, 0.15) is 17.2 Å². The third kappa shape index (κ3) is 3.98. The van der Waals surface area contributed by atoms with Crippen LogP contribution in [0.1, 0.15) is 44.7 Å². The van der Waals surface area contributed by atoms with Crippen LogP contribution in [0.4, 0.5) is 4.39 Å². The van der Waals surface area contributed by atoms with Gasteiger partial charge in [-0.05, 0) is 80.5 Å². The van der Waals surface area contributed by atoms with Gasteiger partial charge in [-0.1, -0.05) is 6.08 Å². The summed E-state index contributed by atoms with van der Waals surface area (Å²) in [4.78, 5) is 20.3. The zero-order valence-electron chi connectivity index (χ0n) is 19.0. The number of halogens is 1. The number of methoxy groups -OCH3 is 1. The van der Waals surface area contributed by atoms with E-state index in [4.69, 9.17) is 4.74 Å². The van der Waals surface area contributed by atoms with Gasteiger partial charge >= 0.3 is 0 Å². The highest BCUT2D eigenvalue weighted by molar-refractivity contribution is 7.91. The van der Waals surface area contributed by atoms with Crippen molar-refractivity contribution in [2.75, 3.05) is 7.11 Å². The summed E-state index contributed by atoms with van der Waals surface area (Å²) in [6.07, 6.45) is 6.45. The summed E-state index contributed by atoms with van der Waals surface area (Å²) in [7, 11) is -2.08. The summed E-state index contributed by atoms with van der Waals surface area (Å²) in [5.41, 5.74) is 4.03. The number of pyridine rings is 1. The molecule has 7 nitrogen and oxygen atoms in total. The summed E-state index contributed by atoms with van der Waals surface area (Å²) < 4.78 is 45.6. The zero-order chi connectivity index (χ0) is 24.1. The number of carbonyl (C=O) groups excluding carboxylic acids is 1. The number of fused-ring (bicyclic) bond motifs is 1. The number of hydrogen-bond acceptors (Lipinski definition) is 5. The lowest BCUT2D eigenvalue weighted by Gasteiger charge is -2.22. The lowest BCUT2D eigenvalue weighted by Crippen LogP contribution is -2.41. The van der Waals surface area contributed by atoms with E-state index in [1.165, 1.54) is 12.1 Å². The maximum atomic E-state index is 14.0. The molecule has 1 aromatic carbocycles. The molecular formula is C25H26FN3O4S. The molecule has 178 valence electrons. The van der Waals surface area contributed by atoms with Crippen molar-refractivity contribution in [3.8, 4) is 16.9 Å². The van der Waals surface area contributed by atoms with E-state index in [2.05, 4.69) is 14.7 Å². The second-order valence-electron chi connectivity index (χ2n) is 9.27. The van der Waals surface area contributed by atoms with Gasteiger partial charge in [-0.15, -0.1) is 0 Å². The number of carbonyl (C=O) groups is 1. The van der Waals surface area contributed by atoms with Crippen LogP contribution in [0.3, 0.4) is 0 Å². The molecule has 0 aliphatic heterocycles. The first kappa shape index (κ1) is 22.6. The number of ether oxygens (including phenoxy) is 1. The number of sulfonamides is 1. The Labute approximate surface area is 197 Å². The predicted octanol–water partition coefficient (Wildman–Crippen LogP) is 4.56. The number of aromatic amines is 1. The highest BCUT2D eigenvalue weighted by Crippen LogP contribution is 2.42. The van der Waals surface area contributed by atoms with Crippen LogP contribution in [0.25, 0.3) is 27.7 Å². The molecule has 2 aromatic heterocycles. The summed E-state index contributed by atoms with van der Waals surface area (Å²) >= 11 is 0. The van der Waals surface area contributed by atoms with Gasteiger partial charge in [0.2, 0.25) is 15.9 Å². The number of rotatable bonds is 6. The van der Waals surface area contributed by atoms with Crippen molar-refractivity contribution in [2.45, 2.75) is 43.8 Å². The van der Waals surface area contributed by atoms with Crippen LogP contribution in [0, 0.1) is 11.7 Å². The quantitative estimate of drug-likeness (QED) is 0.535. The second kappa shape index (κ2) is 8.23. The summed E-state index contributed by atoms with van der Waals surface area (Å²) in [5.74, 6) is -0.594. The van der Waals surface area contributed by atoms with E-state index in [0.29, 0.717) is 49.1 Å². The molecule has 9 heteroatoms. The maximum absolute atomic E-state index is 14.0. The summed E-state index contributed by atoms with van der Waals surface area (Å²) in [5, 5.41) is 0.839. The van der Waals surface area contributed by atoms with Crippen molar-refractivity contribution < 1.29 is 22.3 Å². The number of hydrogen-bond donors (Lipinski definition) is 2. The maximum Gasteiger partial charge on any atom is 0.240 e. The molecule has 2 N–H and O–H groups in total. The minimum atomic E-state index is -3.63. The molecule has 2 aliphatic rings. The first-order valence-corrected chi connectivity index (χ1v) is 12.8. The smallest absolute Gasteiger partial charge is 0.240 e. The predicted molar refractivity (Wildman–Crippen MR) is 128 cm³/mol. The highest BCUT2D eigenvalue weighted by atomic mass is 32.2. The van der Waals surface area contributed by atoms with Gasteiger partial charge in [-0.2, -0.15) is 0 Å². The molecule has 1 unspecified atom stereocenters. The number of nitrogens with zero attached hydrogens (tertiary/aromatic N) is 1. The number of amides is 1. The van der Waals surface area contributed by atoms with E-state index in [0.717, 1.165) is 22.2 Å². The van der Waals surface area contributed by atoms with Gasteiger partial charge in [0, 0.05) is 28.8 Å². The molecule has 5 rings (SSSR count). The third-order valence-corrected chi connectivity index (χ3v) is 9.12. The topological polar surface area (TPSA) is 101 Å². The second-order valence-corrected chi connectivity index (χ2v) is 11.5. The normalized spacial score (nSPS) is 19.5. The highest BCUT2D eigenvalue weighted by Gasteiger charge is 2.51. The number of nitrogens with one attached hydrogen (secondary N) is 2. The Morgan fingerprint density at radius 2 is 2.03 bits per heavy atom. The van der Waals surface area contributed by atoms with Crippen LogP contribution in [0.15, 0.2) is 42.6 Å². The van der Waals surface area contributed by atoms with Crippen LogP contribution in [0.5, 0.6) is 5.75 Å². The van der Waals surface area contributed by atoms with Crippen LogP contribution in [-0.2, 0) is 14.8 Å². The molecule has 2 heterocycles. The van der Waals surface area contributed by atoms with Crippen molar-refractivity contribution in [1.82, 2.24) is 14.7 Å². The Balaban J connectivity index is 1.39. The van der Waals surface area contributed by atoms with E-state index in [9.17, 15) is 17.6 Å². The fraction of sp³-hybridized carbons (Fsp3) is 0.360. The Morgan fingerprint density at radius 1 is 1.24 bits per heavy atom. The van der Waals surface area contributed by atoms with E-state index in [1.54, 1.807) is 26.3 Å². The largest absolute Gasteiger partial charge is 0.496 e. The van der Waals surface area contributed by atoms with Crippen LogP contribution < -0.4 is 9.46 Å². The number of benzene rings is 1. The lowest BCUT2D eigenvalue weighted by molar-refractivity contribution is -0.123. The summed E-state index contributed by atoms with van der Waals surface area (Å²) in [6.45, 7) is 1.67. The first-order valence-electron chi connectivity index (χ1n) is 11.3. The van der Waals surface area contributed by atoms with Crippen LogP contribution in [0.2, 0.25) is 0 Å². The number of H-pyrrole nitrogens is 1. The average molecular weight is 484 g/mol. The Hall–Kier alpha value is -3.20. The standard InChI is InChI=1S/C25H26FN3O4S/c1-25(10-11-25)34(31,32)29-24(30)16-5-3-15(4-6-16)21-14-20-18(9-12-27-23(20)28-21)19-13-17(26)7-8-22(19)33-2/h3,7-9,12-14,16H,4-6,10-11H2,1-2H3,(H,27,28)(H,29,30). The van der Waals surface area contributed by atoms with E-state index in [-0.39, 0.29) is 11.7 Å². The molecule has 1 atom stereocenters. The Morgan fingerprint density at radius 3 is 2.71 bits per heavy atom. The molecule has 3 aromatic rings. The van der Waals surface area contributed by atoms with Crippen molar-refractivity contribution in [3.05, 3.63) is 54.1 Å². The molecule has 1 fully saturated rings. The molecule has 34 heavy (non-hydrogen) atoms. The zero-order valence-corrected chi connectivity index (χ0v) is 19.8. The van der Waals surface area contributed by atoms with Crippen molar-refractivity contribution in [2.24, 2.45) is 5.92 Å². The fourth-order valence-electron chi connectivity index (χ4n) is 4.43. The molecule has 1 amide bonds. The SMILES string of the molecule is COc1ccc(F)cc1-c1ccnc2[nH]c(C3=CCC(C(=O)NS(=O)(=O)C4(C)CC4)CC3)cc12. The molecule has 2 aliphatic carbocycles. The van der Waals surface area contributed by atoms with Gasteiger partial charge in [0.05, 0.1) is 11.9 Å². The first-order chi connectivity index (χ1) is 16.2. The van der Waals surface area contributed by atoms with E-state index >= 15 is 0 Å². The Kier molecular flexibility index (Phi) is 5.47. The van der Waals surface area contributed by atoms with E-state index in [1.807, 2.05) is 18.2 Å². The van der Waals surface area contributed by atoms with Crippen molar-refractivity contribution in [1.29, 1.82) is 0 Å². The Bertz CT molecular complexity index is 1420. The molecular weight excluding hydrogens is 457 g/mol. The van der Waals surface area contributed by atoms with Gasteiger partial charge in [-0.25, -0.2) is 17.8 Å². The van der Waals surface area contributed by atoms with Crippen LogP contribution >= 0.6 is 0 Å². The van der Waals surface area contributed by atoms with Gasteiger partial charge in [-0.3, -0.25) is 9.52 Å².